The number of fused-ring (bicyclic) bond motifs is 1. The molecular formula is C30H29F3N10O. The summed E-state index contributed by atoms with van der Waals surface area (Å²) < 4.78 is 50.2. The van der Waals surface area contributed by atoms with Crippen LogP contribution in [0.1, 0.15) is 43.4 Å². The van der Waals surface area contributed by atoms with E-state index in [1.165, 1.54) is 6.33 Å². The van der Waals surface area contributed by atoms with Crippen molar-refractivity contribution in [1.82, 2.24) is 44.4 Å². The Morgan fingerprint density at radius 3 is 2.70 bits per heavy atom. The van der Waals surface area contributed by atoms with Gasteiger partial charge in [0.25, 0.3) is 0 Å². The third-order valence-corrected chi connectivity index (χ3v) is 8.60. The van der Waals surface area contributed by atoms with Gasteiger partial charge in [0.1, 0.15) is 29.3 Å². The summed E-state index contributed by atoms with van der Waals surface area (Å²) >= 11 is 0. The van der Waals surface area contributed by atoms with Crippen molar-refractivity contribution in [3.05, 3.63) is 72.8 Å². The number of aromatic nitrogens is 8. The number of H-pyrrole nitrogens is 1. The second kappa shape index (κ2) is 11.1. The van der Waals surface area contributed by atoms with Gasteiger partial charge in [-0.15, -0.1) is 0 Å². The number of halogens is 3. The minimum absolute atomic E-state index is 0.0162. The lowest BCUT2D eigenvalue weighted by atomic mass is 9.82. The summed E-state index contributed by atoms with van der Waals surface area (Å²) in [5.41, 5.74) is 1.42. The van der Waals surface area contributed by atoms with E-state index in [0.29, 0.717) is 44.0 Å². The van der Waals surface area contributed by atoms with Gasteiger partial charge in [-0.1, -0.05) is 0 Å². The van der Waals surface area contributed by atoms with Gasteiger partial charge in [-0.3, -0.25) is 14.3 Å². The number of likely N-dealkylation sites (tertiary alicyclic amines) is 1. The van der Waals surface area contributed by atoms with Crippen molar-refractivity contribution in [2.75, 3.05) is 13.1 Å². The molecule has 1 N–H and O–H groups in total. The highest BCUT2D eigenvalue weighted by molar-refractivity contribution is 5.90. The van der Waals surface area contributed by atoms with Crippen LogP contribution in [0.3, 0.4) is 0 Å². The number of hydrogen-bond acceptors (Lipinski definition) is 8. The summed E-state index contributed by atoms with van der Waals surface area (Å²) in [6, 6.07) is 8.90. The van der Waals surface area contributed by atoms with Gasteiger partial charge in [-0.2, -0.15) is 28.6 Å². The monoisotopic (exact) mass is 602 g/mol. The maximum atomic E-state index is 13.6. The lowest BCUT2D eigenvalue weighted by Gasteiger charge is -2.53. The third-order valence-electron chi connectivity index (χ3n) is 8.60. The number of hydrogen-bond donors (Lipinski definition) is 1. The molecule has 7 rings (SSSR count). The molecule has 0 aromatic carbocycles. The van der Waals surface area contributed by atoms with Crippen LogP contribution >= 0.6 is 0 Å². The Labute approximate surface area is 250 Å². The van der Waals surface area contributed by atoms with Gasteiger partial charge >= 0.3 is 6.18 Å². The van der Waals surface area contributed by atoms with Crippen LogP contribution in [0.2, 0.25) is 0 Å². The van der Waals surface area contributed by atoms with E-state index in [-0.39, 0.29) is 18.5 Å². The van der Waals surface area contributed by atoms with Crippen molar-refractivity contribution >= 4 is 11.0 Å². The number of nitriles is 1. The quantitative estimate of drug-likeness (QED) is 0.269. The molecule has 2 fully saturated rings. The van der Waals surface area contributed by atoms with E-state index >= 15 is 0 Å². The first-order chi connectivity index (χ1) is 21.3. The standard InChI is InChI=1S/C30H29F3N10O/c31-30(32,33)25-12-20(15-42-11-1-9-38-42)13-26(40-25)44-23-4-2-22(3-5-23)41-17-29(18-41,7-8-34)43-16-21(14-39-43)27-24-6-10-35-28(24)37-19-36-27/h1,6,9-14,16,19,22-23H,2-5,7,15,17-18H2,(H,35,36,37). The second-order valence-corrected chi connectivity index (χ2v) is 11.5. The average molecular weight is 603 g/mol. The average Bonchev–Trinajstić information content (AvgIpc) is 3.77. The van der Waals surface area contributed by atoms with Crippen molar-refractivity contribution in [1.29, 1.82) is 5.26 Å². The Balaban J connectivity index is 0.994. The van der Waals surface area contributed by atoms with Crippen LogP contribution in [0, 0.1) is 11.3 Å². The molecule has 2 aliphatic rings. The topological polar surface area (TPSA) is 126 Å². The Bertz CT molecular complexity index is 1790. The Morgan fingerprint density at radius 1 is 1.11 bits per heavy atom. The number of nitrogens with one attached hydrogen (secondary N) is 1. The fraction of sp³-hybridized carbons (Fsp3) is 0.400. The molecule has 0 amide bonds. The Morgan fingerprint density at radius 2 is 1.95 bits per heavy atom. The molecule has 1 saturated heterocycles. The molecule has 44 heavy (non-hydrogen) atoms. The molecule has 11 nitrogen and oxygen atoms in total. The summed E-state index contributed by atoms with van der Waals surface area (Å²) in [5.74, 6) is -0.0162. The van der Waals surface area contributed by atoms with E-state index in [4.69, 9.17) is 4.74 Å². The van der Waals surface area contributed by atoms with Gasteiger partial charge in [0.15, 0.2) is 0 Å². The largest absolute Gasteiger partial charge is 0.474 e. The summed E-state index contributed by atoms with van der Waals surface area (Å²) in [5, 5.41) is 19.3. The predicted octanol–water partition coefficient (Wildman–Crippen LogP) is 4.79. The minimum Gasteiger partial charge on any atom is -0.474 e. The molecule has 5 aromatic heterocycles. The van der Waals surface area contributed by atoms with Crippen LogP contribution in [0.5, 0.6) is 5.88 Å². The van der Waals surface area contributed by atoms with E-state index < -0.39 is 17.4 Å². The molecule has 1 aliphatic carbocycles. The van der Waals surface area contributed by atoms with E-state index in [9.17, 15) is 18.4 Å². The second-order valence-electron chi connectivity index (χ2n) is 11.5. The van der Waals surface area contributed by atoms with Crippen molar-refractivity contribution in [3.63, 3.8) is 0 Å². The molecule has 226 valence electrons. The van der Waals surface area contributed by atoms with Crippen molar-refractivity contribution in [2.45, 2.75) is 62.5 Å². The maximum Gasteiger partial charge on any atom is 0.433 e. The molecule has 6 heterocycles. The third kappa shape index (κ3) is 5.39. The molecule has 0 unspecified atom stereocenters. The molecule has 0 spiro atoms. The molecule has 0 radical (unpaired) electrons. The van der Waals surface area contributed by atoms with Crippen LogP contribution in [0.4, 0.5) is 13.2 Å². The molecule has 5 aromatic rings. The van der Waals surface area contributed by atoms with Gasteiger partial charge in [0, 0.05) is 60.9 Å². The fourth-order valence-electron chi connectivity index (χ4n) is 6.40. The number of pyridine rings is 1. The highest BCUT2D eigenvalue weighted by Crippen LogP contribution is 2.39. The first kappa shape index (κ1) is 28.0. The highest BCUT2D eigenvalue weighted by Gasteiger charge is 2.48. The summed E-state index contributed by atoms with van der Waals surface area (Å²) in [7, 11) is 0. The lowest BCUT2D eigenvalue weighted by Crippen LogP contribution is -2.65. The predicted molar refractivity (Wildman–Crippen MR) is 152 cm³/mol. The van der Waals surface area contributed by atoms with Crippen LogP contribution in [0.25, 0.3) is 22.3 Å². The minimum atomic E-state index is -4.58. The van der Waals surface area contributed by atoms with Gasteiger partial charge in [-0.25, -0.2) is 15.0 Å². The van der Waals surface area contributed by atoms with Crippen molar-refractivity contribution in [3.8, 4) is 23.2 Å². The number of rotatable bonds is 8. The van der Waals surface area contributed by atoms with Crippen LogP contribution in [-0.2, 0) is 18.3 Å². The van der Waals surface area contributed by atoms with E-state index in [0.717, 1.165) is 41.2 Å². The zero-order valence-corrected chi connectivity index (χ0v) is 23.7. The Hall–Kier alpha value is -4.77. The molecule has 0 bridgehead atoms. The fourth-order valence-corrected chi connectivity index (χ4v) is 6.40. The number of aromatic amines is 1. The molecule has 1 saturated carbocycles. The number of ether oxygens (including phenoxy) is 1. The van der Waals surface area contributed by atoms with E-state index in [2.05, 4.69) is 41.1 Å². The molecule has 1 aliphatic heterocycles. The first-order valence-electron chi connectivity index (χ1n) is 14.5. The molecule has 14 heteroatoms. The normalized spacial score (nSPS) is 20.3. The van der Waals surface area contributed by atoms with Gasteiger partial charge in [0.05, 0.1) is 30.9 Å². The van der Waals surface area contributed by atoms with E-state index in [1.807, 2.05) is 23.1 Å². The number of alkyl halides is 3. The van der Waals surface area contributed by atoms with Gasteiger partial charge in [-0.05, 0) is 49.4 Å². The van der Waals surface area contributed by atoms with Crippen LogP contribution in [0.15, 0.2) is 61.6 Å². The molecular weight excluding hydrogens is 573 g/mol. The highest BCUT2D eigenvalue weighted by atomic mass is 19.4. The van der Waals surface area contributed by atoms with Crippen LogP contribution < -0.4 is 4.74 Å². The smallest absolute Gasteiger partial charge is 0.433 e. The summed E-state index contributed by atoms with van der Waals surface area (Å²) in [6.07, 6.45) is 8.95. The lowest BCUT2D eigenvalue weighted by molar-refractivity contribution is -0.141. The SMILES string of the molecule is N#CCC1(n2cc(-c3ncnc4[nH]ccc34)cn2)CN(C2CCC(Oc3cc(Cn4cccn4)cc(C(F)(F)F)n3)CC2)C1. The van der Waals surface area contributed by atoms with Crippen molar-refractivity contribution < 1.29 is 17.9 Å². The zero-order chi connectivity index (χ0) is 30.3. The molecule has 0 atom stereocenters. The van der Waals surface area contributed by atoms with Gasteiger partial charge < -0.3 is 9.72 Å². The van der Waals surface area contributed by atoms with Crippen LogP contribution in [-0.4, -0.2) is 69.6 Å². The zero-order valence-electron chi connectivity index (χ0n) is 23.7. The Kier molecular flexibility index (Phi) is 7.04. The summed E-state index contributed by atoms with van der Waals surface area (Å²) in [6.45, 7) is 1.56. The summed E-state index contributed by atoms with van der Waals surface area (Å²) in [4.78, 5) is 18.0. The van der Waals surface area contributed by atoms with Crippen molar-refractivity contribution in [2.24, 2.45) is 0 Å². The van der Waals surface area contributed by atoms with E-state index in [1.54, 1.807) is 35.4 Å². The maximum absolute atomic E-state index is 13.6. The first-order valence-corrected chi connectivity index (χ1v) is 14.5. The number of nitrogens with zero attached hydrogens (tertiary/aromatic N) is 9. The van der Waals surface area contributed by atoms with Gasteiger partial charge in [0.2, 0.25) is 5.88 Å².